The first-order chi connectivity index (χ1) is 3.56. The Balaban J connectivity index is 3.39. The lowest BCUT2D eigenvalue weighted by Gasteiger charge is -2.13. The van der Waals surface area contributed by atoms with Crippen molar-refractivity contribution in [2.75, 3.05) is 0 Å². The number of nitrogens with two attached hydrogens (primary N) is 1. The van der Waals surface area contributed by atoms with Crippen LogP contribution in [0.25, 0.3) is 0 Å². The molecule has 0 atom stereocenters. The summed E-state index contributed by atoms with van der Waals surface area (Å²) in [5.74, 6) is 0. The molecule has 0 heterocycles. The molecule has 0 amide bonds. The maximum Gasteiger partial charge on any atom is -0.0103 e. The minimum absolute atomic E-state index is 0.385. The molecule has 0 aromatic rings. The molecular weight excluding hydrogens is 98.1 g/mol. The molecule has 1 heteroatoms. The largest absolute Gasteiger partial charge is 0.405 e. The molecule has 0 aromatic heterocycles. The summed E-state index contributed by atoms with van der Waals surface area (Å²) in [6.07, 6.45) is 4.65. The number of allylic oxidation sites excluding steroid dienone is 1. The SMILES string of the molecule is CC(C)(C)C/C=C/N. The fourth-order valence-electron chi connectivity index (χ4n) is 0.422. The molecule has 0 bridgehead atoms. The van der Waals surface area contributed by atoms with Gasteiger partial charge in [-0.05, 0) is 18.0 Å². The van der Waals surface area contributed by atoms with Crippen LogP contribution in [0.1, 0.15) is 27.2 Å². The Morgan fingerprint density at radius 1 is 1.38 bits per heavy atom. The molecule has 0 rings (SSSR count). The topological polar surface area (TPSA) is 26.0 Å². The van der Waals surface area contributed by atoms with Gasteiger partial charge in [-0.15, -0.1) is 0 Å². The van der Waals surface area contributed by atoms with Crippen molar-refractivity contribution in [2.45, 2.75) is 27.2 Å². The van der Waals surface area contributed by atoms with E-state index in [4.69, 9.17) is 5.73 Å². The van der Waals surface area contributed by atoms with Gasteiger partial charge in [-0.2, -0.15) is 0 Å². The van der Waals surface area contributed by atoms with Crippen LogP contribution in [0.5, 0.6) is 0 Å². The Kier molecular flexibility index (Phi) is 2.59. The van der Waals surface area contributed by atoms with Crippen molar-refractivity contribution in [3.8, 4) is 0 Å². The fraction of sp³-hybridized carbons (Fsp3) is 0.714. The molecule has 0 radical (unpaired) electrons. The van der Waals surface area contributed by atoms with Crippen LogP contribution in [0, 0.1) is 5.41 Å². The Morgan fingerprint density at radius 2 is 1.88 bits per heavy atom. The molecule has 0 saturated carbocycles. The summed E-state index contributed by atoms with van der Waals surface area (Å²) in [4.78, 5) is 0. The molecule has 0 unspecified atom stereocenters. The van der Waals surface area contributed by atoms with Crippen molar-refractivity contribution in [1.29, 1.82) is 0 Å². The molecule has 0 aliphatic heterocycles. The van der Waals surface area contributed by atoms with Gasteiger partial charge in [-0.25, -0.2) is 0 Å². The van der Waals surface area contributed by atoms with E-state index in [2.05, 4.69) is 20.8 Å². The highest BCUT2D eigenvalue weighted by Gasteiger charge is 2.05. The smallest absolute Gasteiger partial charge is 0.0103 e. The Labute approximate surface area is 51.6 Å². The van der Waals surface area contributed by atoms with Crippen LogP contribution in [-0.2, 0) is 0 Å². The average Bonchev–Trinajstić information content (AvgIpc) is 1.59. The van der Waals surface area contributed by atoms with Gasteiger partial charge in [-0.1, -0.05) is 26.8 Å². The predicted octanol–water partition coefficient (Wildman–Crippen LogP) is 1.90. The van der Waals surface area contributed by atoms with Gasteiger partial charge in [0.05, 0.1) is 0 Å². The maximum atomic E-state index is 5.16. The van der Waals surface area contributed by atoms with E-state index >= 15 is 0 Å². The maximum absolute atomic E-state index is 5.16. The van der Waals surface area contributed by atoms with Crippen LogP contribution in [0.3, 0.4) is 0 Å². The lowest BCUT2D eigenvalue weighted by molar-refractivity contribution is 0.420. The molecule has 2 N–H and O–H groups in total. The average molecular weight is 113 g/mol. The van der Waals surface area contributed by atoms with E-state index in [-0.39, 0.29) is 0 Å². The lowest BCUT2D eigenvalue weighted by atomic mass is 9.92. The van der Waals surface area contributed by atoms with Gasteiger partial charge in [0.25, 0.3) is 0 Å². The molecule has 0 spiro atoms. The van der Waals surface area contributed by atoms with Crippen LogP contribution in [-0.4, -0.2) is 0 Å². The van der Waals surface area contributed by atoms with Crippen LogP contribution >= 0.6 is 0 Å². The van der Waals surface area contributed by atoms with Crippen molar-refractivity contribution in [1.82, 2.24) is 0 Å². The second-order valence-electron chi connectivity index (χ2n) is 3.19. The van der Waals surface area contributed by atoms with Crippen molar-refractivity contribution in [2.24, 2.45) is 11.1 Å². The van der Waals surface area contributed by atoms with Gasteiger partial charge in [-0.3, -0.25) is 0 Å². The summed E-state index contributed by atoms with van der Waals surface area (Å²) >= 11 is 0. The molecule has 0 aromatic carbocycles. The molecule has 0 aliphatic rings. The van der Waals surface area contributed by atoms with E-state index < -0.39 is 0 Å². The molecular formula is C7H15N. The quantitative estimate of drug-likeness (QED) is 0.552. The zero-order chi connectivity index (χ0) is 6.62. The zero-order valence-corrected chi connectivity index (χ0v) is 5.94. The highest BCUT2D eigenvalue weighted by Crippen LogP contribution is 2.17. The van der Waals surface area contributed by atoms with Gasteiger partial charge in [0.15, 0.2) is 0 Å². The third-order valence-electron chi connectivity index (χ3n) is 0.866. The van der Waals surface area contributed by atoms with Gasteiger partial charge in [0.2, 0.25) is 0 Å². The Bertz CT molecular complexity index is 76.9. The van der Waals surface area contributed by atoms with E-state index in [0.29, 0.717) is 5.41 Å². The normalized spacial score (nSPS) is 12.9. The summed E-state index contributed by atoms with van der Waals surface area (Å²) in [5.41, 5.74) is 5.54. The van der Waals surface area contributed by atoms with Crippen LogP contribution in [0.15, 0.2) is 12.3 Å². The summed E-state index contributed by atoms with van der Waals surface area (Å²) in [5, 5.41) is 0. The van der Waals surface area contributed by atoms with E-state index in [1.165, 1.54) is 0 Å². The molecule has 8 heavy (non-hydrogen) atoms. The second kappa shape index (κ2) is 2.75. The first-order valence-electron chi connectivity index (χ1n) is 2.93. The highest BCUT2D eigenvalue weighted by molar-refractivity contribution is 4.81. The van der Waals surface area contributed by atoms with Gasteiger partial charge in [0.1, 0.15) is 0 Å². The fourth-order valence-corrected chi connectivity index (χ4v) is 0.422. The Hall–Kier alpha value is -0.460. The van der Waals surface area contributed by atoms with E-state index in [0.717, 1.165) is 6.42 Å². The number of hydrogen-bond acceptors (Lipinski definition) is 1. The van der Waals surface area contributed by atoms with Crippen LogP contribution < -0.4 is 5.73 Å². The van der Waals surface area contributed by atoms with Crippen molar-refractivity contribution >= 4 is 0 Å². The summed E-state index contributed by atoms with van der Waals surface area (Å²) < 4.78 is 0. The van der Waals surface area contributed by atoms with Crippen molar-refractivity contribution in [3.05, 3.63) is 12.3 Å². The highest BCUT2D eigenvalue weighted by atomic mass is 14.5. The first kappa shape index (κ1) is 7.54. The van der Waals surface area contributed by atoms with Gasteiger partial charge in [0, 0.05) is 0 Å². The molecule has 1 nitrogen and oxygen atoms in total. The van der Waals surface area contributed by atoms with Crippen LogP contribution in [0.4, 0.5) is 0 Å². The number of hydrogen-bond donors (Lipinski definition) is 1. The lowest BCUT2D eigenvalue weighted by Crippen LogP contribution is -2.02. The summed E-state index contributed by atoms with van der Waals surface area (Å²) in [6, 6.07) is 0. The molecule has 0 aliphatic carbocycles. The minimum atomic E-state index is 0.385. The van der Waals surface area contributed by atoms with E-state index in [1.54, 1.807) is 6.20 Å². The summed E-state index contributed by atoms with van der Waals surface area (Å²) in [6.45, 7) is 6.56. The molecule has 0 fully saturated rings. The standard InChI is InChI=1S/C7H15N/c1-7(2,3)5-4-6-8/h4,6H,5,8H2,1-3H3/b6-4+. The molecule has 48 valence electrons. The molecule has 0 saturated heterocycles. The summed E-state index contributed by atoms with van der Waals surface area (Å²) in [7, 11) is 0. The number of rotatable bonds is 1. The first-order valence-corrected chi connectivity index (χ1v) is 2.93. The minimum Gasteiger partial charge on any atom is -0.405 e. The monoisotopic (exact) mass is 113 g/mol. The van der Waals surface area contributed by atoms with Gasteiger partial charge < -0.3 is 5.73 Å². The van der Waals surface area contributed by atoms with E-state index in [9.17, 15) is 0 Å². The van der Waals surface area contributed by atoms with Crippen molar-refractivity contribution in [3.63, 3.8) is 0 Å². The predicted molar refractivity (Wildman–Crippen MR) is 37.4 cm³/mol. The zero-order valence-electron chi connectivity index (χ0n) is 5.94. The third-order valence-corrected chi connectivity index (χ3v) is 0.866. The van der Waals surface area contributed by atoms with Gasteiger partial charge >= 0.3 is 0 Å². The Morgan fingerprint density at radius 3 is 2.00 bits per heavy atom. The third kappa shape index (κ3) is 5.54. The van der Waals surface area contributed by atoms with Crippen molar-refractivity contribution < 1.29 is 0 Å². The van der Waals surface area contributed by atoms with Crippen LogP contribution in [0.2, 0.25) is 0 Å². The second-order valence-corrected chi connectivity index (χ2v) is 3.19. The van der Waals surface area contributed by atoms with E-state index in [1.807, 2.05) is 6.08 Å².